The molecule has 0 radical (unpaired) electrons. The molecule has 1 heterocycles. The van der Waals surface area contributed by atoms with Gasteiger partial charge in [0.2, 0.25) is 0 Å². The fraction of sp³-hybridized carbons (Fsp3) is 0.273. The molecule has 0 aliphatic carbocycles. The van der Waals surface area contributed by atoms with Crippen LogP contribution in [0.4, 0.5) is 0 Å². The maximum atomic E-state index is 13.1. The molecule has 3 rings (SSSR count). The Kier molecular flexibility index (Phi) is 7.06. The summed E-state index contributed by atoms with van der Waals surface area (Å²) in [5.41, 5.74) is -2.23. The number of amides is 2. The van der Waals surface area contributed by atoms with E-state index in [1.165, 1.54) is 44.2 Å². The molecule has 0 N–H and O–H groups in total. The van der Waals surface area contributed by atoms with Crippen LogP contribution >= 0.6 is 23.2 Å². The van der Waals surface area contributed by atoms with Crippen molar-refractivity contribution < 1.29 is 33.4 Å². The van der Waals surface area contributed by atoms with Gasteiger partial charge in [0, 0.05) is 5.02 Å². The highest BCUT2D eigenvalue weighted by molar-refractivity contribution is 6.35. The third kappa shape index (κ3) is 4.28. The van der Waals surface area contributed by atoms with Crippen molar-refractivity contribution in [1.29, 1.82) is 0 Å². The molecular formula is C22H19Cl2NO7. The third-order valence-electron chi connectivity index (χ3n) is 4.65. The number of esters is 2. The molecule has 0 saturated heterocycles. The highest BCUT2D eigenvalue weighted by Gasteiger charge is 2.56. The Balaban J connectivity index is 2.10. The zero-order chi connectivity index (χ0) is 23.5. The predicted molar refractivity (Wildman–Crippen MR) is 115 cm³/mol. The number of imide groups is 1. The SMILES string of the molecule is CCOC(=O)C(CN1C(=O)c2ccccc2C1=O)(Oc1ccc(Cl)cc1Cl)C(=O)OCC. The van der Waals surface area contributed by atoms with E-state index in [9.17, 15) is 19.2 Å². The molecule has 2 aromatic carbocycles. The molecule has 1 aliphatic rings. The number of ether oxygens (including phenoxy) is 3. The number of halogens is 2. The molecular weight excluding hydrogens is 461 g/mol. The number of benzene rings is 2. The van der Waals surface area contributed by atoms with E-state index >= 15 is 0 Å². The van der Waals surface area contributed by atoms with Crippen molar-refractivity contribution >= 4 is 47.0 Å². The Morgan fingerprint density at radius 2 is 1.44 bits per heavy atom. The van der Waals surface area contributed by atoms with E-state index in [4.69, 9.17) is 37.4 Å². The molecule has 8 nitrogen and oxygen atoms in total. The summed E-state index contributed by atoms with van der Waals surface area (Å²) < 4.78 is 16.0. The number of fused-ring (bicyclic) bond motifs is 1. The van der Waals surface area contributed by atoms with Gasteiger partial charge in [0.1, 0.15) is 5.75 Å². The topological polar surface area (TPSA) is 99.2 Å². The standard InChI is InChI=1S/C22H19Cl2NO7/c1-3-30-20(28)22(21(29)31-4-2,32-17-10-9-13(23)11-16(17)24)12-25-18(26)14-7-5-6-8-15(14)19(25)27/h5-11H,3-4,12H2,1-2H3. The van der Waals surface area contributed by atoms with Crippen molar-refractivity contribution in [2.24, 2.45) is 0 Å². The van der Waals surface area contributed by atoms with E-state index in [1.54, 1.807) is 12.1 Å². The lowest BCUT2D eigenvalue weighted by atomic mass is 10.0. The Morgan fingerprint density at radius 1 is 0.906 bits per heavy atom. The van der Waals surface area contributed by atoms with Crippen molar-refractivity contribution in [3.8, 4) is 5.75 Å². The van der Waals surface area contributed by atoms with Gasteiger partial charge in [0.25, 0.3) is 11.8 Å². The first-order valence-electron chi connectivity index (χ1n) is 9.68. The number of carbonyl (C=O) groups excluding carboxylic acids is 4. The number of rotatable bonds is 8. The monoisotopic (exact) mass is 479 g/mol. The number of carbonyl (C=O) groups is 4. The fourth-order valence-electron chi connectivity index (χ4n) is 3.17. The summed E-state index contributed by atoms with van der Waals surface area (Å²) in [6, 6.07) is 10.3. The fourth-order valence-corrected chi connectivity index (χ4v) is 3.62. The molecule has 168 valence electrons. The first-order valence-corrected chi connectivity index (χ1v) is 10.4. The van der Waals surface area contributed by atoms with Gasteiger partial charge in [-0.2, -0.15) is 0 Å². The van der Waals surface area contributed by atoms with Crippen LogP contribution in [0.1, 0.15) is 34.6 Å². The predicted octanol–water partition coefficient (Wildman–Crippen LogP) is 3.53. The molecule has 0 unspecified atom stereocenters. The first-order chi connectivity index (χ1) is 15.2. The van der Waals surface area contributed by atoms with Crippen molar-refractivity contribution in [1.82, 2.24) is 4.90 Å². The lowest BCUT2D eigenvalue weighted by Gasteiger charge is -2.32. The summed E-state index contributed by atoms with van der Waals surface area (Å²) in [6.45, 7) is 2.09. The molecule has 0 aromatic heterocycles. The highest BCUT2D eigenvalue weighted by atomic mass is 35.5. The van der Waals surface area contributed by atoms with E-state index in [-0.39, 0.29) is 35.1 Å². The van der Waals surface area contributed by atoms with E-state index < -0.39 is 35.9 Å². The van der Waals surface area contributed by atoms with Crippen LogP contribution in [0.2, 0.25) is 10.0 Å². The number of nitrogens with zero attached hydrogens (tertiary/aromatic N) is 1. The molecule has 2 aromatic rings. The van der Waals surface area contributed by atoms with Gasteiger partial charge in [-0.25, -0.2) is 9.59 Å². The Labute approximate surface area is 193 Å². The minimum absolute atomic E-state index is 0.00201. The highest BCUT2D eigenvalue weighted by Crippen LogP contribution is 2.33. The molecule has 0 fully saturated rings. The second-order valence-electron chi connectivity index (χ2n) is 6.69. The minimum atomic E-state index is -2.52. The maximum absolute atomic E-state index is 13.1. The van der Waals surface area contributed by atoms with Gasteiger partial charge in [-0.05, 0) is 44.2 Å². The van der Waals surface area contributed by atoms with Crippen LogP contribution in [0.15, 0.2) is 42.5 Å². The molecule has 0 atom stereocenters. The van der Waals surface area contributed by atoms with Crippen LogP contribution in [-0.2, 0) is 19.1 Å². The lowest BCUT2D eigenvalue weighted by Crippen LogP contribution is -2.61. The van der Waals surface area contributed by atoms with Crippen LogP contribution in [-0.4, -0.2) is 54.0 Å². The Hall–Kier alpha value is -3.10. The molecule has 0 spiro atoms. The summed E-state index contributed by atoms with van der Waals surface area (Å²) in [5, 5.41) is 0.290. The summed E-state index contributed by atoms with van der Waals surface area (Å²) in [6.07, 6.45) is 0. The summed E-state index contributed by atoms with van der Waals surface area (Å²) in [7, 11) is 0. The molecule has 10 heteroatoms. The van der Waals surface area contributed by atoms with Gasteiger partial charge in [0.05, 0.1) is 35.9 Å². The third-order valence-corrected chi connectivity index (χ3v) is 5.18. The van der Waals surface area contributed by atoms with E-state index in [2.05, 4.69) is 0 Å². The first kappa shape index (κ1) is 23.6. The van der Waals surface area contributed by atoms with Gasteiger partial charge in [-0.15, -0.1) is 0 Å². The van der Waals surface area contributed by atoms with Crippen LogP contribution in [0, 0.1) is 0 Å². The van der Waals surface area contributed by atoms with Crippen molar-refractivity contribution in [3.05, 3.63) is 63.6 Å². The van der Waals surface area contributed by atoms with Crippen LogP contribution in [0.5, 0.6) is 5.75 Å². The average Bonchev–Trinajstić information content (AvgIpc) is 3.00. The molecule has 0 saturated carbocycles. The summed E-state index contributed by atoms with van der Waals surface area (Å²) in [4.78, 5) is 52.7. The summed E-state index contributed by atoms with van der Waals surface area (Å²) in [5.74, 6) is -3.74. The van der Waals surface area contributed by atoms with Gasteiger partial charge in [-0.1, -0.05) is 35.3 Å². The largest absolute Gasteiger partial charge is 0.463 e. The van der Waals surface area contributed by atoms with E-state index in [1.807, 2.05) is 0 Å². The van der Waals surface area contributed by atoms with E-state index in [0.29, 0.717) is 5.02 Å². The Morgan fingerprint density at radius 3 is 1.91 bits per heavy atom. The summed E-state index contributed by atoms with van der Waals surface area (Å²) >= 11 is 12.1. The average molecular weight is 480 g/mol. The lowest BCUT2D eigenvalue weighted by molar-refractivity contribution is -0.180. The maximum Gasteiger partial charge on any atom is 0.364 e. The van der Waals surface area contributed by atoms with Crippen LogP contribution in [0.3, 0.4) is 0 Å². The van der Waals surface area contributed by atoms with Gasteiger partial charge in [-0.3, -0.25) is 14.5 Å². The molecule has 2 amide bonds. The number of hydrogen-bond donors (Lipinski definition) is 0. The molecule has 32 heavy (non-hydrogen) atoms. The van der Waals surface area contributed by atoms with Crippen molar-refractivity contribution in [3.63, 3.8) is 0 Å². The van der Waals surface area contributed by atoms with Crippen LogP contribution in [0.25, 0.3) is 0 Å². The van der Waals surface area contributed by atoms with Crippen molar-refractivity contribution in [2.75, 3.05) is 19.8 Å². The zero-order valence-electron chi connectivity index (χ0n) is 17.2. The van der Waals surface area contributed by atoms with Crippen LogP contribution < -0.4 is 4.74 Å². The normalized spacial score (nSPS) is 13.1. The second-order valence-corrected chi connectivity index (χ2v) is 7.53. The zero-order valence-corrected chi connectivity index (χ0v) is 18.7. The van der Waals surface area contributed by atoms with Gasteiger partial charge < -0.3 is 14.2 Å². The minimum Gasteiger partial charge on any atom is -0.463 e. The molecule has 0 bridgehead atoms. The van der Waals surface area contributed by atoms with Gasteiger partial charge in [0.15, 0.2) is 0 Å². The second kappa shape index (κ2) is 9.58. The van der Waals surface area contributed by atoms with Gasteiger partial charge >= 0.3 is 17.5 Å². The van der Waals surface area contributed by atoms with Crippen molar-refractivity contribution in [2.45, 2.75) is 19.4 Å². The smallest absolute Gasteiger partial charge is 0.364 e. The quantitative estimate of drug-likeness (QED) is 0.324. The molecule has 1 aliphatic heterocycles. The van der Waals surface area contributed by atoms with E-state index in [0.717, 1.165) is 4.90 Å². The Bertz CT molecular complexity index is 1030. The number of hydrogen-bond acceptors (Lipinski definition) is 7.